The van der Waals surface area contributed by atoms with Gasteiger partial charge in [-0.3, -0.25) is 0 Å². The van der Waals surface area contributed by atoms with Gasteiger partial charge in [0.25, 0.3) is 0 Å². The van der Waals surface area contributed by atoms with Crippen LogP contribution < -0.4 is 4.74 Å². The van der Waals surface area contributed by atoms with Crippen LogP contribution in [0.2, 0.25) is 0 Å². The molecule has 1 atom stereocenters. The van der Waals surface area contributed by atoms with Crippen LogP contribution in [0.5, 0.6) is 5.75 Å². The minimum absolute atomic E-state index is 0.00277. The van der Waals surface area contributed by atoms with E-state index in [4.69, 9.17) is 4.74 Å². The molecular weight excluding hydrogens is 296 g/mol. The van der Waals surface area contributed by atoms with E-state index in [1.54, 1.807) is 0 Å². The number of hydrogen-bond acceptors (Lipinski definition) is 2. The summed E-state index contributed by atoms with van der Waals surface area (Å²) in [6, 6.07) is 4.58. The summed E-state index contributed by atoms with van der Waals surface area (Å²) >= 11 is 0. The largest absolute Gasteiger partial charge is 0.493 e. The van der Waals surface area contributed by atoms with E-state index in [1.807, 2.05) is 0 Å². The number of rotatable bonds is 6. The maximum Gasteiger partial charge on any atom is 0.127 e. The minimum Gasteiger partial charge on any atom is -0.493 e. The number of hydrogen-bond donors (Lipinski definition) is 0. The number of carbonyl (C=O) groups is 1. The van der Waals surface area contributed by atoms with Gasteiger partial charge >= 0.3 is 0 Å². The van der Waals surface area contributed by atoms with Gasteiger partial charge in [-0.05, 0) is 66.0 Å². The quantitative estimate of drug-likeness (QED) is 0.643. The van der Waals surface area contributed by atoms with E-state index in [2.05, 4.69) is 46.8 Å². The van der Waals surface area contributed by atoms with E-state index >= 15 is 0 Å². The molecule has 1 aromatic rings. The molecule has 0 N–H and O–H groups in total. The van der Waals surface area contributed by atoms with Crippen LogP contribution >= 0.6 is 0 Å². The number of carbonyl (C=O) groups excluding carboxylic acids is 1. The van der Waals surface area contributed by atoms with Gasteiger partial charge in [-0.15, -0.1) is 0 Å². The molecule has 2 nitrogen and oxygen atoms in total. The molecule has 2 heteroatoms. The highest BCUT2D eigenvalue weighted by Crippen LogP contribution is 2.51. The minimum atomic E-state index is 0.00277. The van der Waals surface area contributed by atoms with Crippen LogP contribution in [-0.4, -0.2) is 12.9 Å². The van der Waals surface area contributed by atoms with Crippen LogP contribution in [0, 0.1) is 5.92 Å². The van der Waals surface area contributed by atoms with Crippen molar-refractivity contribution >= 4 is 6.29 Å². The molecule has 1 saturated carbocycles. The molecule has 0 radical (unpaired) electrons. The Labute approximate surface area is 147 Å². The van der Waals surface area contributed by atoms with Crippen LogP contribution in [0.25, 0.3) is 0 Å². The van der Waals surface area contributed by atoms with Crippen LogP contribution in [0.1, 0.15) is 89.3 Å². The van der Waals surface area contributed by atoms with Crippen molar-refractivity contribution < 1.29 is 9.53 Å². The van der Waals surface area contributed by atoms with E-state index in [0.717, 1.165) is 24.0 Å². The normalized spacial score (nSPS) is 22.5. The number of fused-ring (bicyclic) bond motifs is 1. The Morgan fingerprint density at radius 1 is 1.12 bits per heavy atom. The molecule has 0 spiro atoms. The second-order valence-corrected chi connectivity index (χ2v) is 9.05. The van der Waals surface area contributed by atoms with Crippen LogP contribution in [-0.2, 0) is 15.6 Å². The third kappa shape index (κ3) is 3.12. The van der Waals surface area contributed by atoms with Gasteiger partial charge < -0.3 is 9.53 Å². The predicted molar refractivity (Wildman–Crippen MR) is 99.0 cm³/mol. The monoisotopic (exact) mass is 328 g/mol. The van der Waals surface area contributed by atoms with E-state index in [0.29, 0.717) is 12.5 Å². The van der Waals surface area contributed by atoms with Crippen LogP contribution in [0.3, 0.4) is 0 Å². The average Bonchev–Trinajstić information content (AvgIpc) is 3.36. The van der Waals surface area contributed by atoms with Crippen molar-refractivity contribution in [2.75, 3.05) is 6.61 Å². The van der Waals surface area contributed by atoms with Crippen molar-refractivity contribution in [3.05, 3.63) is 28.8 Å². The molecule has 0 heterocycles. The highest BCUT2D eigenvalue weighted by Gasteiger charge is 2.40. The number of benzene rings is 1. The van der Waals surface area contributed by atoms with Gasteiger partial charge in [0.05, 0.1) is 6.61 Å². The summed E-state index contributed by atoms with van der Waals surface area (Å²) in [7, 11) is 0. The molecule has 1 fully saturated rings. The molecular formula is C22H32O2. The Morgan fingerprint density at radius 3 is 2.21 bits per heavy atom. The Balaban J connectivity index is 2.15. The average molecular weight is 328 g/mol. The fourth-order valence-electron chi connectivity index (χ4n) is 4.10. The fraction of sp³-hybridized carbons (Fsp3) is 0.682. The van der Waals surface area contributed by atoms with Gasteiger partial charge in [0, 0.05) is 11.5 Å². The summed E-state index contributed by atoms with van der Waals surface area (Å²) in [5, 5.41) is 0. The molecule has 0 aliphatic heterocycles. The molecule has 132 valence electrons. The first-order valence-electron chi connectivity index (χ1n) is 9.57. The highest BCUT2D eigenvalue weighted by atomic mass is 16.5. The second kappa shape index (κ2) is 6.20. The molecule has 1 aromatic carbocycles. The zero-order chi connectivity index (χ0) is 17.5. The Morgan fingerprint density at radius 2 is 1.71 bits per heavy atom. The first-order valence-corrected chi connectivity index (χ1v) is 9.57. The Bertz CT molecular complexity index is 623. The molecule has 0 saturated heterocycles. The molecule has 2 aliphatic rings. The van der Waals surface area contributed by atoms with Gasteiger partial charge in [-0.25, -0.2) is 0 Å². The van der Waals surface area contributed by atoms with Crippen molar-refractivity contribution in [3.63, 3.8) is 0 Å². The summed E-state index contributed by atoms with van der Waals surface area (Å²) in [5.41, 5.74) is 4.30. The zero-order valence-electron chi connectivity index (χ0n) is 15.9. The van der Waals surface area contributed by atoms with Gasteiger partial charge in [-0.1, -0.05) is 40.7 Å². The molecule has 3 rings (SSSR count). The van der Waals surface area contributed by atoms with E-state index in [1.165, 1.54) is 36.8 Å². The lowest BCUT2D eigenvalue weighted by atomic mass is 9.62. The van der Waals surface area contributed by atoms with Gasteiger partial charge in [0.1, 0.15) is 12.0 Å². The molecule has 0 amide bonds. The lowest BCUT2D eigenvalue weighted by Crippen LogP contribution is -2.34. The molecule has 0 bridgehead atoms. The third-order valence-electron chi connectivity index (χ3n) is 6.08. The molecule has 1 unspecified atom stereocenters. The fourth-order valence-corrected chi connectivity index (χ4v) is 4.10. The lowest BCUT2D eigenvalue weighted by Gasteiger charge is -2.42. The maximum absolute atomic E-state index is 11.8. The Kier molecular flexibility index (Phi) is 4.53. The summed E-state index contributed by atoms with van der Waals surface area (Å²) in [6.07, 6.45) is 6.86. The first kappa shape index (κ1) is 17.5. The van der Waals surface area contributed by atoms with Gasteiger partial charge in [0.2, 0.25) is 0 Å². The summed E-state index contributed by atoms with van der Waals surface area (Å²) in [6.45, 7) is 12.2. The van der Waals surface area contributed by atoms with Crippen molar-refractivity contribution in [2.45, 2.75) is 83.5 Å². The Hall–Kier alpha value is -1.31. The van der Waals surface area contributed by atoms with Crippen molar-refractivity contribution in [2.24, 2.45) is 5.92 Å². The second-order valence-electron chi connectivity index (χ2n) is 9.05. The van der Waals surface area contributed by atoms with E-state index in [-0.39, 0.29) is 16.7 Å². The summed E-state index contributed by atoms with van der Waals surface area (Å²) in [4.78, 5) is 11.8. The van der Waals surface area contributed by atoms with Crippen molar-refractivity contribution in [3.8, 4) is 5.75 Å². The maximum atomic E-state index is 11.8. The summed E-state index contributed by atoms with van der Waals surface area (Å²) in [5.74, 6) is 1.47. The third-order valence-corrected chi connectivity index (χ3v) is 6.08. The molecule has 2 aliphatic carbocycles. The van der Waals surface area contributed by atoms with Gasteiger partial charge in [-0.2, -0.15) is 0 Å². The summed E-state index contributed by atoms with van der Waals surface area (Å²) < 4.78 is 6.12. The zero-order valence-corrected chi connectivity index (χ0v) is 15.9. The van der Waals surface area contributed by atoms with Gasteiger partial charge in [0.15, 0.2) is 0 Å². The number of ether oxygens (including phenoxy) is 1. The highest BCUT2D eigenvalue weighted by molar-refractivity contribution is 5.67. The lowest BCUT2D eigenvalue weighted by molar-refractivity contribution is -0.109. The molecule has 24 heavy (non-hydrogen) atoms. The van der Waals surface area contributed by atoms with E-state index in [9.17, 15) is 4.79 Å². The van der Waals surface area contributed by atoms with Crippen LogP contribution in [0.4, 0.5) is 0 Å². The SMILES string of the molecule is CCCOc1cc2c(cc1C(C=O)C1CC1)C(C)(C)CCC2(C)C. The van der Waals surface area contributed by atoms with Crippen molar-refractivity contribution in [1.82, 2.24) is 0 Å². The predicted octanol–water partition coefficient (Wildman–Crippen LogP) is 5.52. The first-order chi connectivity index (χ1) is 11.3. The smallest absolute Gasteiger partial charge is 0.127 e. The van der Waals surface area contributed by atoms with E-state index < -0.39 is 0 Å². The topological polar surface area (TPSA) is 26.3 Å². The van der Waals surface area contributed by atoms with Crippen molar-refractivity contribution in [1.29, 1.82) is 0 Å². The standard InChI is InChI=1S/C22H32O2/c1-6-11-24-20-13-19-18(21(2,3)9-10-22(19,4)5)12-16(20)17(14-23)15-7-8-15/h12-15,17H,6-11H2,1-5H3. The van der Waals surface area contributed by atoms with Crippen LogP contribution in [0.15, 0.2) is 12.1 Å². The molecule has 0 aromatic heterocycles. The number of aldehydes is 1.